The van der Waals surface area contributed by atoms with Crippen LogP contribution in [0.2, 0.25) is 0 Å². The normalized spacial score (nSPS) is 12.9. The number of hydrogen-bond acceptors (Lipinski definition) is 4. The first-order valence-corrected chi connectivity index (χ1v) is 8.46. The van der Waals surface area contributed by atoms with Crippen LogP contribution in [0.3, 0.4) is 0 Å². The zero-order valence-corrected chi connectivity index (χ0v) is 14.7. The Kier molecular flexibility index (Phi) is 8.63. The van der Waals surface area contributed by atoms with Crippen LogP contribution in [0.5, 0.6) is 0 Å². The molecule has 2 atom stereocenters. The number of nitrogens with two attached hydrogens (primary N) is 1. The number of hydrogen-bond donors (Lipinski definition) is 4. The van der Waals surface area contributed by atoms with Gasteiger partial charge in [-0.3, -0.25) is 14.4 Å². The second-order valence-electron chi connectivity index (χ2n) is 6.08. The van der Waals surface area contributed by atoms with E-state index in [2.05, 4.69) is 17.6 Å². The Morgan fingerprint density at radius 3 is 2.32 bits per heavy atom. The third-order valence-corrected chi connectivity index (χ3v) is 3.80. The molecule has 0 fully saturated rings. The molecule has 0 radical (unpaired) electrons. The van der Waals surface area contributed by atoms with Crippen molar-refractivity contribution in [1.29, 1.82) is 0 Å². The summed E-state index contributed by atoms with van der Waals surface area (Å²) in [5.74, 6) is -2.18. The molecule has 0 spiro atoms. The van der Waals surface area contributed by atoms with E-state index in [1.54, 1.807) is 0 Å². The molecule has 1 aromatic rings. The highest BCUT2D eigenvalue weighted by Gasteiger charge is 2.21. The minimum Gasteiger partial charge on any atom is -0.480 e. The molecular weight excluding hydrogens is 322 g/mol. The lowest BCUT2D eigenvalue weighted by Gasteiger charge is -2.14. The average molecular weight is 349 g/mol. The Bertz CT molecular complexity index is 586. The number of carboxylic acid groups (broad SMARTS) is 1. The number of carbonyl (C=O) groups excluding carboxylic acids is 2. The van der Waals surface area contributed by atoms with Crippen molar-refractivity contribution in [2.45, 2.75) is 58.2 Å². The molecule has 25 heavy (non-hydrogen) atoms. The summed E-state index contributed by atoms with van der Waals surface area (Å²) in [5.41, 5.74) is 7.87. The third-order valence-electron chi connectivity index (χ3n) is 3.80. The molecule has 7 heteroatoms. The number of carboxylic acids is 1. The van der Waals surface area contributed by atoms with Crippen molar-refractivity contribution in [2.75, 3.05) is 0 Å². The standard InChI is InChI=1S/C18H27N3O4/c1-3-4-5-13-6-8-14(9-7-13)11-20-16(22)10-15(19)17(23)21-12(2)18(24)25/h6-9,12,15H,3-5,10-11,19H2,1-2H3,(H,20,22)(H,21,23)(H,24,25)/t12-,15?/m1/s1. The van der Waals surface area contributed by atoms with Crippen LogP contribution >= 0.6 is 0 Å². The summed E-state index contributed by atoms with van der Waals surface area (Å²) in [6.07, 6.45) is 3.14. The smallest absolute Gasteiger partial charge is 0.325 e. The quantitative estimate of drug-likeness (QED) is 0.501. The van der Waals surface area contributed by atoms with Crippen molar-refractivity contribution in [3.63, 3.8) is 0 Å². The summed E-state index contributed by atoms with van der Waals surface area (Å²) in [6, 6.07) is 5.89. The highest BCUT2D eigenvalue weighted by Crippen LogP contribution is 2.08. The molecule has 0 aliphatic carbocycles. The monoisotopic (exact) mass is 349 g/mol. The fourth-order valence-corrected chi connectivity index (χ4v) is 2.15. The topological polar surface area (TPSA) is 122 Å². The number of amides is 2. The summed E-state index contributed by atoms with van der Waals surface area (Å²) in [4.78, 5) is 34.3. The fourth-order valence-electron chi connectivity index (χ4n) is 2.15. The number of carbonyl (C=O) groups is 3. The van der Waals surface area contributed by atoms with Crippen LogP contribution in [-0.4, -0.2) is 35.0 Å². The van der Waals surface area contributed by atoms with Gasteiger partial charge < -0.3 is 21.5 Å². The van der Waals surface area contributed by atoms with Crippen LogP contribution < -0.4 is 16.4 Å². The van der Waals surface area contributed by atoms with E-state index in [9.17, 15) is 14.4 Å². The fraction of sp³-hybridized carbons (Fsp3) is 0.500. The SMILES string of the molecule is CCCCc1ccc(CNC(=O)CC(N)C(=O)N[C@H](C)C(=O)O)cc1. The van der Waals surface area contributed by atoms with Crippen LogP contribution in [0.15, 0.2) is 24.3 Å². The van der Waals surface area contributed by atoms with Gasteiger partial charge in [-0.05, 0) is 30.9 Å². The molecule has 7 nitrogen and oxygen atoms in total. The zero-order valence-electron chi connectivity index (χ0n) is 14.7. The van der Waals surface area contributed by atoms with E-state index in [-0.39, 0.29) is 12.3 Å². The van der Waals surface area contributed by atoms with E-state index in [1.165, 1.54) is 12.5 Å². The molecule has 0 bridgehead atoms. The minimum atomic E-state index is -1.16. The molecule has 0 saturated carbocycles. The molecule has 2 amide bonds. The lowest BCUT2D eigenvalue weighted by Crippen LogP contribution is -2.48. The Morgan fingerprint density at radius 2 is 1.76 bits per heavy atom. The number of aryl methyl sites for hydroxylation is 1. The van der Waals surface area contributed by atoms with Crippen LogP contribution in [0.4, 0.5) is 0 Å². The van der Waals surface area contributed by atoms with Crippen molar-refractivity contribution in [3.8, 4) is 0 Å². The number of rotatable bonds is 10. The molecule has 1 unspecified atom stereocenters. The predicted octanol–water partition coefficient (Wildman–Crippen LogP) is 0.952. The predicted molar refractivity (Wildman–Crippen MR) is 94.7 cm³/mol. The lowest BCUT2D eigenvalue weighted by atomic mass is 10.1. The minimum absolute atomic E-state index is 0.202. The molecular formula is C18H27N3O4. The molecule has 1 aromatic carbocycles. The van der Waals surface area contributed by atoms with Gasteiger partial charge in [-0.15, -0.1) is 0 Å². The van der Waals surface area contributed by atoms with E-state index < -0.39 is 24.0 Å². The highest BCUT2D eigenvalue weighted by molar-refractivity contribution is 5.90. The van der Waals surface area contributed by atoms with Crippen LogP contribution in [0.25, 0.3) is 0 Å². The Balaban J connectivity index is 2.38. The number of unbranched alkanes of at least 4 members (excludes halogenated alkanes) is 1. The average Bonchev–Trinajstić information content (AvgIpc) is 2.58. The Labute approximate surface area is 148 Å². The van der Waals surface area contributed by atoms with Crippen molar-refractivity contribution >= 4 is 17.8 Å². The van der Waals surface area contributed by atoms with Crippen LogP contribution in [0, 0.1) is 0 Å². The summed E-state index contributed by atoms with van der Waals surface area (Å²) >= 11 is 0. The van der Waals surface area contributed by atoms with E-state index in [0.717, 1.165) is 24.8 Å². The first kappa shape index (κ1) is 20.6. The molecule has 0 saturated heterocycles. The largest absolute Gasteiger partial charge is 0.480 e. The highest BCUT2D eigenvalue weighted by atomic mass is 16.4. The summed E-state index contributed by atoms with van der Waals surface area (Å²) < 4.78 is 0. The van der Waals surface area contributed by atoms with Crippen molar-refractivity contribution in [1.82, 2.24) is 10.6 Å². The molecule has 0 heterocycles. The van der Waals surface area contributed by atoms with Gasteiger partial charge >= 0.3 is 5.97 Å². The molecule has 1 rings (SSSR count). The van der Waals surface area contributed by atoms with E-state index >= 15 is 0 Å². The lowest BCUT2D eigenvalue weighted by molar-refractivity contribution is -0.141. The maximum Gasteiger partial charge on any atom is 0.325 e. The Morgan fingerprint density at radius 1 is 1.16 bits per heavy atom. The summed E-state index contributed by atoms with van der Waals surface area (Å²) in [6.45, 7) is 3.83. The maximum atomic E-state index is 11.9. The third kappa shape index (κ3) is 7.80. The summed E-state index contributed by atoms with van der Waals surface area (Å²) in [5, 5.41) is 13.7. The second-order valence-corrected chi connectivity index (χ2v) is 6.08. The van der Waals surface area contributed by atoms with Crippen molar-refractivity contribution < 1.29 is 19.5 Å². The van der Waals surface area contributed by atoms with Crippen molar-refractivity contribution in [3.05, 3.63) is 35.4 Å². The van der Waals surface area contributed by atoms with E-state index in [0.29, 0.717) is 6.54 Å². The number of benzene rings is 1. The van der Waals surface area contributed by atoms with Gasteiger partial charge in [-0.1, -0.05) is 37.6 Å². The van der Waals surface area contributed by atoms with Gasteiger partial charge in [0, 0.05) is 6.54 Å². The second kappa shape index (κ2) is 10.5. The first-order valence-electron chi connectivity index (χ1n) is 8.46. The first-order chi connectivity index (χ1) is 11.8. The summed E-state index contributed by atoms with van der Waals surface area (Å²) in [7, 11) is 0. The van der Waals surface area contributed by atoms with Crippen LogP contribution in [-0.2, 0) is 27.3 Å². The van der Waals surface area contributed by atoms with Gasteiger partial charge in [0.25, 0.3) is 0 Å². The van der Waals surface area contributed by atoms with Gasteiger partial charge in [0.2, 0.25) is 11.8 Å². The van der Waals surface area contributed by atoms with Gasteiger partial charge in [-0.25, -0.2) is 0 Å². The number of nitrogens with one attached hydrogen (secondary N) is 2. The maximum absolute atomic E-state index is 11.9. The molecule has 138 valence electrons. The van der Waals surface area contributed by atoms with Gasteiger partial charge in [0.05, 0.1) is 12.5 Å². The molecule has 5 N–H and O–H groups in total. The molecule has 0 aliphatic rings. The Hall–Kier alpha value is -2.41. The van der Waals surface area contributed by atoms with E-state index in [4.69, 9.17) is 10.8 Å². The van der Waals surface area contributed by atoms with Gasteiger partial charge in [-0.2, -0.15) is 0 Å². The van der Waals surface area contributed by atoms with Gasteiger partial charge in [0.15, 0.2) is 0 Å². The van der Waals surface area contributed by atoms with Crippen molar-refractivity contribution in [2.24, 2.45) is 5.73 Å². The molecule has 0 aromatic heterocycles. The van der Waals surface area contributed by atoms with Crippen LogP contribution in [0.1, 0.15) is 44.2 Å². The zero-order chi connectivity index (χ0) is 18.8. The number of aliphatic carboxylic acids is 1. The van der Waals surface area contributed by atoms with Gasteiger partial charge in [0.1, 0.15) is 6.04 Å². The van der Waals surface area contributed by atoms with E-state index in [1.807, 2.05) is 24.3 Å². The molecule has 0 aliphatic heterocycles.